The number of aryl methyl sites for hydroxylation is 2. The fourth-order valence-corrected chi connectivity index (χ4v) is 4.04. The molecule has 0 saturated carbocycles. The van der Waals surface area contributed by atoms with Gasteiger partial charge in [-0.25, -0.2) is 0 Å². The normalized spacial score (nSPS) is 12.3. The van der Waals surface area contributed by atoms with Crippen molar-refractivity contribution in [1.82, 2.24) is 0 Å². The predicted octanol–water partition coefficient (Wildman–Crippen LogP) is 2.69. The van der Waals surface area contributed by atoms with E-state index in [2.05, 4.69) is 4.18 Å². The van der Waals surface area contributed by atoms with Gasteiger partial charge in [-0.05, 0) is 36.6 Å². The summed E-state index contributed by atoms with van der Waals surface area (Å²) in [5, 5.41) is 0. The van der Waals surface area contributed by atoms with E-state index in [4.69, 9.17) is 0 Å². The lowest BCUT2D eigenvalue weighted by molar-refractivity contribution is 0.398. The molecule has 2 rings (SSSR count). The first kappa shape index (κ1) is 18.6. The SMILES string of the molecule is COS(=O)(=O)c1cc(C)ccc1-c1ccc(C)cc1CS(=O)(=O)O. The second-order valence-corrected chi connectivity index (χ2v) is 8.64. The second kappa shape index (κ2) is 6.64. The highest BCUT2D eigenvalue weighted by molar-refractivity contribution is 7.87. The van der Waals surface area contributed by atoms with Crippen molar-refractivity contribution < 1.29 is 25.6 Å². The molecular weight excluding hydrogens is 352 g/mol. The van der Waals surface area contributed by atoms with Crippen molar-refractivity contribution in [3.63, 3.8) is 0 Å². The third-order valence-corrected chi connectivity index (χ3v) is 5.51. The fraction of sp³-hybridized carbons (Fsp3) is 0.250. The molecule has 0 radical (unpaired) electrons. The van der Waals surface area contributed by atoms with Crippen LogP contribution in [0.25, 0.3) is 11.1 Å². The van der Waals surface area contributed by atoms with Gasteiger partial charge in [0.25, 0.3) is 20.2 Å². The third kappa shape index (κ3) is 4.21. The summed E-state index contributed by atoms with van der Waals surface area (Å²) in [7, 11) is -7.18. The smallest absolute Gasteiger partial charge is 0.285 e. The zero-order valence-corrected chi connectivity index (χ0v) is 15.1. The average Bonchev–Trinajstić information content (AvgIpc) is 2.46. The van der Waals surface area contributed by atoms with Crippen LogP contribution in [0.2, 0.25) is 0 Å². The van der Waals surface area contributed by atoms with E-state index in [1.54, 1.807) is 44.2 Å². The van der Waals surface area contributed by atoms with E-state index in [9.17, 15) is 21.4 Å². The monoisotopic (exact) mass is 370 g/mol. The van der Waals surface area contributed by atoms with Crippen LogP contribution in [0.4, 0.5) is 0 Å². The zero-order chi connectivity index (χ0) is 18.1. The van der Waals surface area contributed by atoms with Gasteiger partial charge in [-0.15, -0.1) is 0 Å². The summed E-state index contributed by atoms with van der Waals surface area (Å²) in [6.45, 7) is 3.52. The Hall–Kier alpha value is -1.74. The van der Waals surface area contributed by atoms with Gasteiger partial charge in [0.2, 0.25) is 0 Å². The lowest BCUT2D eigenvalue weighted by Crippen LogP contribution is -2.08. The Morgan fingerprint density at radius 2 is 1.46 bits per heavy atom. The molecule has 0 bridgehead atoms. The quantitative estimate of drug-likeness (QED) is 0.642. The Labute approximate surface area is 142 Å². The Bertz CT molecular complexity index is 976. The van der Waals surface area contributed by atoms with E-state index in [1.165, 1.54) is 6.07 Å². The van der Waals surface area contributed by atoms with E-state index in [1.807, 2.05) is 0 Å². The highest BCUT2D eigenvalue weighted by Gasteiger charge is 2.22. The van der Waals surface area contributed by atoms with E-state index in [0.717, 1.165) is 18.2 Å². The molecule has 24 heavy (non-hydrogen) atoms. The molecule has 0 heterocycles. The Morgan fingerprint density at radius 1 is 0.917 bits per heavy atom. The maximum absolute atomic E-state index is 12.2. The topological polar surface area (TPSA) is 97.7 Å². The molecule has 0 spiro atoms. The summed E-state index contributed by atoms with van der Waals surface area (Å²) < 4.78 is 60.8. The molecule has 0 aliphatic rings. The molecule has 0 amide bonds. The van der Waals surface area contributed by atoms with Crippen molar-refractivity contribution in [1.29, 1.82) is 0 Å². The van der Waals surface area contributed by atoms with Crippen LogP contribution < -0.4 is 0 Å². The summed E-state index contributed by atoms with van der Waals surface area (Å²) in [6.07, 6.45) is 0. The lowest BCUT2D eigenvalue weighted by Gasteiger charge is -2.14. The standard InChI is InChI=1S/C16H18O6S2/c1-11-4-6-14(13(8-11)10-23(17,18)19)15-7-5-12(2)9-16(15)24(20,21)22-3/h4-9H,10H2,1-3H3,(H,17,18,19). The molecule has 0 aliphatic carbocycles. The number of hydrogen-bond acceptors (Lipinski definition) is 5. The number of benzene rings is 2. The summed E-state index contributed by atoms with van der Waals surface area (Å²) in [5.41, 5.74) is 2.56. The van der Waals surface area contributed by atoms with Gasteiger partial charge in [0.05, 0.1) is 7.11 Å². The first-order chi connectivity index (χ1) is 11.0. The highest BCUT2D eigenvalue weighted by Crippen LogP contribution is 2.33. The van der Waals surface area contributed by atoms with E-state index >= 15 is 0 Å². The fourth-order valence-electron chi connectivity index (χ4n) is 2.45. The first-order valence-electron chi connectivity index (χ1n) is 7.00. The van der Waals surface area contributed by atoms with Crippen LogP contribution in [0.15, 0.2) is 41.3 Å². The van der Waals surface area contributed by atoms with Gasteiger partial charge in [-0.3, -0.25) is 8.74 Å². The van der Waals surface area contributed by atoms with Gasteiger partial charge in [0.1, 0.15) is 10.6 Å². The van der Waals surface area contributed by atoms with Gasteiger partial charge < -0.3 is 0 Å². The van der Waals surface area contributed by atoms with Crippen molar-refractivity contribution in [3.05, 3.63) is 53.1 Å². The summed E-state index contributed by atoms with van der Waals surface area (Å²) in [5.74, 6) is -0.607. The average molecular weight is 370 g/mol. The molecule has 0 fully saturated rings. The van der Waals surface area contributed by atoms with Crippen LogP contribution in [0, 0.1) is 13.8 Å². The highest BCUT2D eigenvalue weighted by atomic mass is 32.2. The molecule has 2 aromatic carbocycles. The minimum atomic E-state index is -4.27. The van der Waals surface area contributed by atoms with Crippen molar-refractivity contribution in [3.8, 4) is 11.1 Å². The minimum absolute atomic E-state index is 0.0505. The van der Waals surface area contributed by atoms with Gasteiger partial charge in [-0.2, -0.15) is 16.8 Å². The molecular formula is C16H18O6S2. The Morgan fingerprint density at radius 3 is 2.00 bits per heavy atom. The van der Waals surface area contributed by atoms with E-state index < -0.39 is 26.0 Å². The van der Waals surface area contributed by atoms with Crippen molar-refractivity contribution in [2.45, 2.75) is 24.5 Å². The van der Waals surface area contributed by atoms with Gasteiger partial charge in [0, 0.05) is 5.56 Å². The molecule has 0 aromatic heterocycles. The van der Waals surface area contributed by atoms with E-state index in [0.29, 0.717) is 16.7 Å². The zero-order valence-electron chi connectivity index (χ0n) is 13.5. The molecule has 6 nitrogen and oxygen atoms in total. The maximum Gasteiger partial charge on any atom is 0.297 e. The predicted molar refractivity (Wildman–Crippen MR) is 90.8 cm³/mol. The molecule has 130 valence electrons. The van der Waals surface area contributed by atoms with Crippen LogP contribution >= 0.6 is 0 Å². The molecule has 0 aliphatic heterocycles. The molecule has 2 aromatic rings. The second-order valence-electron chi connectivity index (χ2n) is 5.51. The van der Waals surface area contributed by atoms with Gasteiger partial charge in [0.15, 0.2) is 0 Å². The summed E-state index contributed by atoms with van der Waals surface area (Å²) in [6, 6.07) is 9.76. The Balaban J connectivity index is 2.78. The van der Waals surface area contributed by atoms with Crippen molar-refractivity contribution >= 4 is 20.2 Å². The number of rotatable bonds is 5. The van der Waals surface area contributed by atoms with Gasteiger partial charge in [-0.1, -0.05) is 35.9 Å². The van der Waals surface area contributed by atoms with Crippen LogP contribution in [0.3, 0.4) is 0 Å². The maximum atomic E-state index is 12.2. The third-order valence-electron chi connectivity index (χ3n) is 3.51. The Kier molecular flexibility index (Phi) is 5.14. The molecule has 1 N–H and O–H groups in total. The van der Waals surface area contributed by atoms with Gasteiger partial charge >= 0.3 is 0 Å². The molecule has 0 unspecified atom stereocenters. The van der Waals surface area contributed by atoms with Crippen molar-refractivity contribution in [2.24, 2.45) is 0 Å². The van der Waals surface area contributed by atoms with E-state index in [-0.39, 0.29) is 4.90 Å². The molecule has 0 saturated heterocycles. The lowest BCUT2D eigenvalue weighted by atomic mass is 9.98. The minimum Gasteiger partial charge on any atom is -0.285 e. The first-order valence-corrected chi connectivity index (χ1v) is 10.0. The van der Waals surface area contributed by atoms with Crippen LogP contribution in [-0.2, 0) is 30.2 Å². The van der Waals surface area contributed by atoms with Crippen molar-refractivity contribution in [2.75, 3.05) is 7.11 Å². The summed E-state index contributed by atoms with van der Waals surface area (Å²) in [4.78, 5) is -0.0505. The van der Waals surface area contributed by atoms with Crippen LogP contribution in [-0.4, -0.2) is 28.5 Å². The summed E-state index contributed by atoms with van der Waals surface area (Å²) >= 11 is 0. The molecule has 8 heteroatoms. The van der Waals surface area contributed by atoms with Crippen LogP contribution in [0.1, 0.15) is 16.7 Å². The van der Waals surface area contributed by atoms with Crippen LogP contribution in [0.5, 0.6) is 0 Å². The number of hydrogen-bond donors (Lipinski definition) is 1. The largest absolute Gasteiger partial charge is 0.297 e. The molecule has 0 atom stereocenters.